The van der Waals surface area contributed by atoms with Crippen LogP contribution in [0.4, 0.5) is 0 Å². The molecule has 0 aliphatic rings. The summed E-state index contributed by atoms with van der Waals surface area (Å²) in [4.78, 5) is 0. The summed E-state index contributed by atoms with van der Waals surface area (Å²) in [6.45, 7) is 3.46. The lowest BCUT2D eigenvalue weighted by molar-refractivity contribution is 0.00106. The third-order valence-electron chi connectivity index (χ3n) is 2.58. The zero-order valence-electron chi connectivity index (χ0n) is 9.87. The SMILES string of the molecule is CC(NCC(C)(O)CO)c1cccc(Cl)c1Cl. The van der Waals surface area contributed by atoms with Crippen molar-refractivity contribution in [3.8, 4) is 0 Å². The first-order valence-corrected chi connectivity index (χ1v) is 6.13. The van der Waals surface area contributed by atoms with E-state index >= 15 is 0 Å². The summed E-state index contributed by atoms with van der Waals surface area (Å²) in [7, 11) is 0. The highest BCUT2D eigenvalue weighted by Gasteiger charge is 2.20. The predicted octanol–water partition coefficient (Wildman–Crippen LogP) is 2.39. The molecule has 96 valence electrons. The van der Waals surface area contributed by atoms with Crippen molar-refractivity contribution in [3.63, 3.8) is 0 Å². The number of rotatable bonds is 5. The molecule has 0 heterocycles. The van der Waals surface area contributed by atoms with Crippen molar-refractivity contribution in [2.24, 2.45) is 0 Å². The van der Waals surface area contributed by atoms with Gasteiger partial charge in [0.2, 0.25) is 0 Å². The van der Waals surface area contributed by atoms with Gasteiger partial charge < -0.3 is 15.5 Å². The molecule has 3 N–H and O–H groups in total. The summed E-state index contributed by atoms with van der Waals surface area (Å²) in [6.07, 6.45) is 0. The molecule has 0 amide bonds. The quantitative estimate of drug-likeness (QED) is 0.775. The summed E-state index contributed by atoms with van der Waals surface area (Å²) in [5.41, 5.74) is -0.271. The second-order valence-electron chi connectivity index (χ2n) is 4.40. The van der Waals surface area contributed by atoms with Gasteiger partial charge in [0, 0.05) is 12.6 Å². The van der Waals surface area contributed by atoms with Gasteiger partial charge in [-0.05, 0) is 25.5 Å². The van der Waals surface area contributed by atoms with Crippen molar-refractivity contribution in [1.29, 1.82) is 0 Å². The minimum Gasteiger partial charge on any atom is -0.393 e. The second-order valence-corrected chi connectivity index (χ2v) is 5.19. The van der Waals surface area contributed by atoms with Crippen molar-refractivity contribution >= 4 is 23.2 Å². The van der Waals surface area contributed by atoms with E-state index in [0.717, 1.165) is 5.56 Å². The molecule has 0 radical (unpaired) electrons. The highest BCUT2D eigenvalue weighted by molar-refractivity contribution is 6.42. The Morgan fingerprint density at radius 3 is 2.65 bits per heavy atom. The Labute approximate surface area is 111 Å². The largest absolute Gasteiger partial charge is 0.393 e. The molecule has 0 bridgehead atoms. The molecule has 2 atom stereocenters. The Kier molecular flexibility index (Phi) is 5.22. The van der Waals surface area contributed by atoms with Gasteiger partial charge in [0.1, 0.15) is 0 Å². The van der Waals surface area contributed by atoms with Crippen LogP contribution >= 0.6 is 23.2 Å². The topological polar surface area (TPSA) is 52.5 Å². The molecule has 17 heavy (non-hydrogen) atoms. The normalized spacial score (nSPS) is 16.6. The minimum atomic E-state index is -1.14. The van der Waals surface area contributed by atoms with E-state index in [0.29, 0.717) is 10.0 Å². The molecular weight excluding hydrogens is 261 g/mol. The number of hydrogen-bond donors (Lipinski definition) is 3. The highest BCUT2D eigenvalue weighted by atomic mass is 35.5. The fraction of sp³-hybridized carbons (Fsp3) is 0.500. The molecule has 0 spiro atoms. The highest BCUT2D eigenvalue weighted by Crippen LogP contribution is 2.29. The van der Waals surface area contributed by atoms with Gasteiger partial charge in [-0.3, -0.25) is 0 Å². The Morgan fingerprint density at radius 2 is 2.06 bits per heavy atom. The first-order chi connectivity index (χ1) is 7.87. The summed E-state index contributed by atoms with van der Waals surface area (Å²) >= 11 is 12.0. The fourth-order valence-corrected chi connectivity index (χ4v) is 1.87. The van der Waals surface area contributed by atoms with Crippen LogP contribution in [0.2, 0.25) is 10.0 Å². The minimum absolute atomic E-state index is 0.0563. The number of nitrogens with one attached hydrogen (secondary N) is 1. The van der Waals surface area contributed by atoms with Gasteiger partial charge in [0.05, 0.1) is 22.3 Å². The molecule has 1 aromatic carbocycles. The predicted molar refractivity (Wildman–Crippen MR) is 70.6 cm³/mol. The van der Waals surface area contributed by atoms with E-state index in [1.165, 1.54) is 0 Å². The van der Waals surface area contributed by atoms with Crippen LogP contribution in [0.15, 0.2) is 18.2 Å². The van der Waals surface area contributed by atoms with Gasteiger partial charge in [-0.1, -0.05) is 35.3 Å². The van der Waals surface area contributed by atoms with Crippen LogP contribution in [0.1, 0.15) is 25.5 Å². The molecule has 3 nitrogen and oxygen atoms in total. The van der Waals surface area contributed by atoms with Gasteiger partial charge in [-0.25, -0.2) is 0 Å². The maximum absolute atomic E-state index is 9.67. The molecule has 0 aliphatic carbocycles. The number of halogens is 2. The van der Waals surface area contributed by atoms with E-state index < -0.39 is 5.60 Å². The van der Waals surface area contributed by atoms with Gasteiger partial charge in [-0.2, -0.15) is 0 Å². The standard InChI is InChI=1S/C12H17Cl2NO2/c1-8(15-6-12(2,17)7-16)9-4-3-5-10(13)11(9)14/h3-5,8,15-17H,6-7H2,1-2H3. The molecule has 0 aromatic heterocycles. The average Bonchev–Trinajstić information content (AvgIpc) is 2.30. The monoisotopic (exact) mass is 277 g/mol. The van der Waals surface area contributed by atoms with E-state index in [4.69, 9.17) is 28.3 Å². The first-order valence-electron chi connectivity index (χ1n) is 5.38. The lowest BCUT2D eigenvalue weighted by Crippen LogP contribution is -2.41. The fourth-order valence-electron chi connectivity index (χ4n) is 1.39. The van der Waals surface area contributed by atoms with Crippen LogP contribution in [-0.2, 0) is 0 Å². The van der Waals surface area contributed by atoms with Gasteiger partial charge in [0.15, 0.2) is 0 Å². The summed E-state index contributed by atoms with van der Waals surface area (Å²) in [6, 6.07) is 5.37. The zero-order valence-corrected chi connectivity index (χ0v) is 11.4. The third-order valence-corrected chi connectivity index (χ3v) is 3.41. The molecule has 1 aromatic rings. The van der Waals surface area contributed by atoms with Crippen LogP contribution in [0.3, 0.4) is 0 Å². The smallest absolute Gasteiger partial charge is 0.0973 e. The molecule has 2 unspecified atom stereocenters. The van der Waals surface area contributed by atoms with E-state index in [-0.39, 0.29) is 19.2 Å². The molecular formula is C12H17Cl2NO2. The summed E-state index contributed by atoms with van der Waals surface area (Å²) in [5.74, 6) is 0. The van der Waals surface area contributed by atoms with Crippen LogP contribution in [0.25, 0.3) is 0 Å². The number of aliphatic hydroxyl groups excluding tert-OH is 1. The third kappa shape index (κ3) is 4.12. The molecule has 0 saturated heterocycles. The lowest BCUT2D eigenvalue weighted by Gasteiger charge is -2.24. The Morgan fingerprint density at radius 1 is 1.41 bits per heavy atom. The van der Waals surface area contributed by atoms with E-state index in [9.17, 15) is 5.11 Å². The molecule has 5 heteroatoms. The second kappa shape index (κ2) is 6.03. The summed E-state index contributed by atoms with van der Waals surface area (Å²) < 4.78 is 0. The lowest BCUT2D eigenvalue weighted by atomic mass is 10.1. The Bertz CT molecular complexity index is 383. The first kappa shape index (κ1) is 14.7. The van der Waals surface area contributed by atoms with Crippen molar-refractivity contribution in [3.05, 3.63) is 33.8 Å². The van der Waals surface area contributed by atoms with Crippen LogP contribution in [-0.4, -0.2) is 29.0 Å². The van der Waals surface area contributed by atoms with Crippen molar-refractivity contribution < 1.29 is 10.2 Å². The maximum atomic E-state index is 9.67. The molecule has 0 aliphatic heterocycles. The van der Waals surface area contributed by atoms with Gasteiger partial charge >= 0.3 is 0 Å². The molecule has 0 fully saturated rings. The maximum Gasteiger partial charge on any atom is 0.0973 e. The van der Waals surface area contributed by atoms with E-state index in [1.54, 1.807) is 13.0 Å². The van der Waals surface area contributed by atoms with E-state index in [1.807, 2.05) is 19.1 Å². The number of hydrogen-bond acceptors (Lipinski definition) is 3. The van der Waals surface area contributed by atoms with Crippen LogP contribution in [0.5, 0.6) is 0 Å². The van der Waals surface area contributed by atoms with Crippen LogP contribution in [0, 0.1) is 0 Å². The number of aliphatic hydroxyl groups is 2. The average molecular weight is 278 g/mol. The molecule has 1 rings (SSSR count). The van der Waals surface area contributed by atoms with Gasteiger partial charge in [0.25, 0.3) is 0 Å². The Hall–Kier alpha value is -0.320. The number of benzene rings is 1. The van der Waals surface area contributed by atoms with E-state index in [2.05, 4.69) is 5.32 Å². The van der Waals surface area contributed by atoms with Gasteiger partial charge in [-0.15, -0.1) is 0 Å². The zero-order chi connectivity index (χ0) is 13.1. The Balaban J connectivity index is 2.71. The van der Waals surface area contributed by atoms with Crippen molar-refractivity contribution in [2.75, 3.05) is 13.2 Å². The van der Waals surface area contributed by atoms with Crippen molar-refractivity contribution in [1.82, 2.24) is 5.32 Å². The van der Waals surface area contributed by atoms with Crippen LogP contribution < -0.4 is 5.32 Å². The summed E-state index contributed by atoms with van der Waals surface area (Å²) in [5, 5.41) is 22.7. The molecule has 0 saturated carbocycles. The van der Waals surface area contributed by atoms with Crippen molar-refractivity contribution in [2.45, 2.75) is 25.5 Å².